The topological polar surface area (TPSA) is 69.1 Å². The highest BCUT2D eigenvalue weighted by molar-refractivity contribution is 7.98. The maximum absolute atomic E-state index is 11.2. The highest BCUT2D eigenvalue weighted by atomic mass is 32.2. The van der Waals surface area contributed by atoms with Crippen molar-refractivity contribution in [3.63, 3.8) is 0 Å². The Kier molecular flexibility index (Phi) is 3.89. The third kappa shape index (κ3) is 3.05. The summed E-state index contributed by atoms with van der Waals surface area (Å²) in [4.78, 5) is 12.2. The molecule has 18 heavy (non-hydrogen) atoms. The average Bonchev–Trinajstić information content (AvgIpc) is 2.38. The Hall–Kier alpha value is -1.94. The summed E-state index contributed by atoms with van der Waals surface area (Å²) in [6, 6.07) is 15.5. The lowest BCUT2D eigenvalue weighted by Crippen LogP contribution is -2.13. The average molecular weight is 258 g/mol. The van der Waals surface area contributed by atoms with Gasteiger partial charge in [0.05, 0.1) is 5.56 Å². The lowest BCUT2D eigenvalue weighted by atomic mass is 10.2. The van der Waals surface area contributed by atoms with Crippen molar-refractivity contribution in [1.82, 2.24) is 0 Å². The van der Waals surface area contributed by atoms with Crippen molar-refractivity contribution in [2.24, 2.45) is 5.73 Å². The zero-order valence-corrected chi connectivity index (χ0v) is 10.6. The second kappa shape index (κ2) is 5.60. The zero-order chi connectivity index (χ0) is 13.0. The predicted octanol–water partition coefficient (Wildman–Crippen LogP) is 2.66. The van der Waals surface area contributed by atoms with Gasteiger partial charge < -0.3 is 11.5 Å². The van der Waals surface area contributed by atoms with Crippen molar-refractivity contribution in [3.8, 4) is 0 Å². The molecule has 0 aromatic heterocycles. The first-order valence-electron chi connectivity index (χ1n) is 5.53. The number of carbonyl (C=O) groups is 1. The highest BCUT2D eigenvalue weighted by Gasteiger charge is 2.07. The van der Waals surface area contributed by atoms with Crippen molar-refractivity contribution in [2.45, 2.75) is 10.6 Å². The zero-order valence-electron chi connectivity index (χ0n) is 9.80. The number of primary amides is 1. The SMILES string of the molecule is NC(=O)c1cc(SCc2ccccc2)ccc1N. The Labute approximate surface area is 110 Å². The van der Waals surface area contributed by atoms with E-state index in [0.717, 1.165) is 10.6 Å². The summed E-state index contributed by atoms with van der Waals surface area (Å²) in [5, 5.41) is 0. The molecule has 0 heterocycles. The van der Waals surface area contributed by atoms with E-state index in [-0.39, 0.29) is 0 Å². The van der Waals surface area contributed by atoms with E-state index in [1.54, 1.807) is 23.9 Å². The summed E-state index contributed by atoms with van der Waals surface area (Å²) in [7, 11) is 0. The molecule has 0 aliphatic rings. The first-order valence-corrected chi connectivity index (χ1v) is 6.51. The summed E-state index contributed by atoms with van der Waals surface area (Å²) in [5.41, 5.74) is 13.0. The number of thioether (sulfide) groups is 1. The largest absolute Gasteiger partial charge is 0.398 e. The first kappa shape index (κ1) is 12.5. The van der Waals surface area contributed by atoms with Crippen LogP contribution in [0.15, 0.2) is 53.4 Å². The fourth-order valence-electron chi connectivity index (χ4n) is 1.58. The number of benzene rings is 2. The molecule has 3 nitrogen and oxygen atoms in total. The molecule has 1 amide bonds. The quantitative estimate of drug-likeness (QED) is 0.654. The first-order chi connectivity index (χ1) is 8.66. The number of anilines is 1. The van der Waals surface area contributed by atoms with E-state index in [1.807, 2.05) is 24.3 Å². The van der Waals surface area contributed by atoms with Crippen LogP contribution in [-0.2, 0) is 5.75 Å². The monoisotopic (exact) mass is 258 g/mol. The normalized spacial score (nSPS) is 10.2. The Morgan fingerprint density at radius 1 is 1.11 bits per heavy atom. The van der Waals surface area contributed by atoms with Gasteiger partial charge in [0.1, 0.15) is 0 Å². The van der Waals surface area contributed by atoms with Crippen LogP contribution in [0.5, 0.6) is 0 Å². The molecule has 0 fully saturated rings. The van der Waals surface area contributed by atoms with Crippen LogP contribution in [0.2, 0.25) is 0 Å². The van der Waals surface area contributed by atoms with Crippen LogP contribution < -0.4 is 11.5 Å². The maximum atomic E-state index is 11.2. The Morgan fingerprint density at radius 2 is 1.83 bits per heavy atom. The number of rotatable bonds is 4. The van der Waals surface area contributed by atoms with Crippen molar-refractivity contribution < 1.29 is 4.79 Å². The van der Waals surface area contributed by atoms with Gasteiger partial charge in [-0.25, -0.2) is 0 Å². The van der Waals surface area contributed by atoms with Gasteiger partial charge in [0.25, 0.3) is 5.91 Å². The summed E-state index contributed by atoms with van der Waals surface area (Å²) in [6.07, 6.45) is 0. The van der Waals surface area contributed by atoms with Crippen LogP contribution in [0, 0.1) is 0 Å². The molecule has 0 unspecified atom stereocenters. The van der Waals surface area contributed by atoms with Gasteiger partial charge in [-0.05, 0) is 23.8 Å². The molecule has 0 bridgehead atoms. The van der Waals surface area contributed by atoms with Gasteiger partial charge in [-0.15, -0.1) is 11.8 Å². The van der Waals surface area contributed by atoms with Crippen LogP contribution in [0.1, 0.15) is 15.9 Å². The van der Waals surface area contributed by atoms with Crippen molar-refractivity contribution >= 4 is 23.4 Å². The molecule has 0 saturated heterocycles. The van der Waals surface area contributed by atoms with Crippen LogP contribution in [-0.4, -0.2) is 5.91 Å². The Balaban J connectivity index is 2.11. The molecule has 0 saturated carbocycles. The van der Waals surface area contributed by atoms with E-state index in [4.69, 9.17) is 11.5 Å². The van der Waals surface area contributed by atoms with E-state index >= 15 is 0 Å². The van der Waals surface area contributed by atoms with Gasteiger partial charge in [0.2, 0.25) is 0 Å². The lowest BCUT2D eigenvalue weighted by Gasteiger charge is -2.06. The highest BCUT2D eigenvalue weighted by Crippen LogP contribution is 2.25. The second-order valence-corrected chi connectivity index (χ2v) is 4.94. The standard InChI is InChI=1S/C14H14N2OS/c15-13-7-6-11(8-12(13)14(16)17)18-9-10-4-2-1-3-5-10/h1-8H,9,15H2,(H2,16,17). The van der Waals surface area contributed by atoms with Gasteiger partial charge in [0.15, 0.2) is 0 Å². The Bertz CT molecular complexity index is 555. The van der Waals surface area contributed by atoms with Crippen molar-refractivity contribution in [3.05, 3.63) is 59.7 Å². The van der Waals surface area contributed by atoms with E-state index < -0.39 is 5.91 Å². The van der Waals surface area contributed by atoms with Gasteiger partial charge >= 0.3 is 0 Å². The molecule has 0 atom stereocenters. The van der Waals surface area contributed by atoms with Crippen molar-refractivity contribution in [2.75, 3.05) is 5.73 Å². The maximum Gasteiger partial charge on any atom is 0.250 e. The number of amides is 1. The summed E-state index contributed by atoms with van der Waals surface area (Å²) in [5.74, 6) is 0.359. The van der Waals surface area contributed by atoms with Crippen LogP contribution in [0.25, 0.3) is 0 Å². The molecule has 4 heteroatoms. The van der Waals surface area contributed by atoms with Gasteiger partial charge in [0, 0.05) is 16.3 Å². The molecule has 0 radical (unpaired) electrons. The molecule has 2 aromatic rings. The Morgan fingerprint density at radius 3 is 2.50 bits per heavy atom. The van der Waals surface area contributed by atoms with E-state index in [1.165, 1.54) is 5.56 Å². The summed E-state index contributed by atoms with van der Waals surface area (Å²) < 4.78 is 0. The molecule has 4 N–H and O–H groups in total. The fraction of sp³-hybridized carbons (Fsp3) is 0.0714. The van der Waals surface area contributed by atoms with Gasteiger partial charge in [-0.1, -0.05) is 30.3 Å². The van der Waals surface area contributed by atoms with Crippen LogP contribution in [0.3, 0.4) is 0 Å². The molecule has 0 aliphatic heterocycles. The third-order valence-electron chi connectivity index (χ3n) is 2.54. The minimum atomic E-state index is -0.491. The minimum Gasteiger partial charge on any atom is -0.398 e. The number of nitrogens with two attached hydrogens (primary N) is 2. The van der Waals surface area contributed by atoms with Gasteiger partial charge in [-0.3, -0.25) is 4.79 Å². The minimum absolute atomic E-state index is 0.382. The number of nitrogen functional groups attached to an aromatic ring is 1. The van der Waals surface area contributed by atoms with Crippen molar-refractivity contribution in [1.29, 1.82) is 0 Å². The van der Waals surface area contributed by atoms with Crippen LogP contribution in [0.4, 0.5) is 5.69 Å². The van der Waals surface area contributed by atoms with Gasteiger partial charge in [-0.2, -0.15) is 0 Å². The molecule has 0 spiro atoms. The molecule has 2 aromatic carbocycles. The molecular weight excluding hydrogens is 244 g/mol. The smallest absolute Gasteiger partial charge is 0.250 e. The van der Waals surface area contributed by atoms with E-state index in [2.05, 4.69) is 12.1 Å². The molecule has 0 aliphatic carbocycles. The predicted molar refractivity (Wildman–Crippen MR) is 75.4 cm³/mol. The lowest BCUT2D eigenvalue weighted by molar-refractivity contribution is 0.100. The molecular formula is C14H14N2OS. The molecule has 92 valence electrons. The number of carbonyl (C=O) groups excluding carboxylic acids is 1. The number of hydrogen-bond acceptors (Lipinski definition) is 3. The number of hydrogen-bond donors (Lipinski definition) is 2. The molecule has 2 rings (SSSR count). The van der Waals surface area contributed by atoms with E-state index in [0.29, 0.717) is 11.3 Å². The summed E-state index contributed by atoms with van der Waals surface area (Å²) >= 11 is 1.65. The third-order valence-corrected chi connectivity index (χ3v) is 3.60. The van der Waals surface area contributed by atoms with E-state index in [9.17, 15) is 4.79 Å². The summed E-state index contributed by atoms with van der Waals surface area (Å²) in [6.45, 7) is 0. The van der Waals surface area contributed by atoms with Crippen LogP contribution >= 0.6 is 11.8 Å². The fourth-order valence-corrected chi connectivity index (χ4v) is 2.47. The second-order valence-electron chi connectivity index (χ2n) is 3.89.